The van der Waals surface area contributed by atoms with Crippen molar-refractivity contribution in [3.63, 3.8) is 0 Å². The Morgan fingerprint density at radius 1 is 1.25 bits per heavy atom. The van der Waals surface area contributed by atoms with Gasteiger partial charge in [-0.05, 0) is 12.0 Å². The number of ether oxygens (including phenoxy) is 1. The van der Waals surface area contributed by atoms with Gasteiger partial charge in [0, 0.05) is 5.41 Å². The first-order chi connectivity index (χ1) is 9.48. The minimum atomic E-state index is -0.603. The van der Waals surface area contributed by atoms with Gasteiger partial charge in [0.15, 0.2) is 0 Å². The molecule has 2 rings (SSSR count). The third kappa shape index (κ3) is 2.50. The number of unbranched alkanes of at least 4 members (excludes halogenated alkanes) is 1. The molecule has 1 fully saturated rings. The van der Waals surface area contributed by atoms with Crippen LogP contribution in [0, 0.1) is 5.41 Å². The summed E-state index contributed by atoms with van der Waals surface area (Å²) in [5.74, 6) is 0. The maximum Gasteiger partial charge on any atom is 0.122 e. The van der Waals surface area contributed by atoms with E-state index in [0.717, 1.165) is 24.8 Å². The molecule has 1 heterocycles. The number of hydrogen-bond donors (Lipinski definition) is 2. The van der Waals surface area contributed by atoms with E-state index in [1.165, 1.54) is 0 Å². The van der Waals surface area contributed by atoms with E-state index in [2.05, 4.69) is 6.92 Å². The number of aliphatic hydroxyl groups excluding tert-OH is 2. The van der Waals surface area contributed by atoms with Gasteiger partial charge in [0.2, 0.25) is 0 Å². The molecule has 3 heteroatoms. The monoisotopic (exact) mass is 278 g/mol. The van der Waals surface area contributed by atoms with E-state index in [4.69, 9.17) is 4.74 Å². The normalized spacial score (nSPS) is 30.1. The Labute approximate surface area is 121 Å². The highest BCUT2D eigenvalue weighted by atomic mass is 16.6. The van der Waals surface area contributed by atoms with Crippen LogP contribution in [0.2, 0.25) is 0 Å². The van der Waals surface area contributed by atoms with Crippen LogP contribution in [-0.2, 0) is 10.3 Å². The predicted molar refractivity (Wildman–Crippen MR) is 79.4 cm³/mol. The second-order valence-corrected chi connectivity index (χ2v) is 6.49. The Balaban J connectivity index is 2.24. The molecule has 1 aromatic carbocycles. The maximum absolute atomic E-state index is 10.7. The van der Waals surface area contributed by atoms with E-state index >= 15 is 0 Å². The molecular formula is C17H26O3. The van der Waals surface area contributed by atoms with Gasteiger partial charge in [-0.25, -0.2) is 0 Å². The van der Waals surface area contributed by atoms with Crippen molar-refractivity contribution in [3.05, 3.63) is 35.9 Å². The lowest BCUT2D eigenvalue weighted by Crippen LogP contribution is -2.67. The van der Waals surface area contributed by atoms with E-state index in [1.807, 2.05) is 44.2 Å². The molecule has 0 bridgehead atoms. The van der Waals surface area contributed by atoms with E-state index < -0.39 is 17.1 Å². The topological polar surface area (TPSA) is 49.7 Å². The van der Waals surface area contributed by atoms with Crippen LogP contribution in [0.5, 0.6) is 0 Å². The smallest absolute Gasteiger partial charge is 0.122 e. The molecule has 1 aliphatic heterocycles. The van der Waals surface area contributed by atoms with Gasteiger partial charge < -0.3 is 14.9 Å². The molecule has 0 spiro atoms. The minimum absolute atomic E-state index is 0.00732. The summed E-state index contributed by atoms with van der Waals surface area (Å²) in [7, 11) is 0. The fourth-order valence-electron chi connectivity index (χ4n) is 2.96. The van der Waals surface area contributed by atoms with Crippen molar-refractivity contribution in [2.24, 2.45) is 5.41 Å². The van der Waals surface area contributed by atoms with Gasteiger partial charge in [0.1, 0.15) is 11.7 Å². The quantitative estimate of drug-likeness (QED) is 0.841. The van der Waals surface area contributed by atoms with Gasteiger partial charge in [-0.15, -0.1) is 0 Å². The summed E-state index contributed by atoms with van der Waals surface area (Å²) in [6.45, 7) is 6.00. The van der Waals surface area contributed by atoms with Gasteiger partial charge >= 0.3 is 0 Å². The van der Waals surface area contributed by atoms with Crippen LogP contribution >= 0.6 is 0 Å². The lowest BCUT2D eigenvalue weighted by atomic mass is 9.68. The van der Waals surface area contributed by atoms with Gasteiger partial charge in [-0.2, -0.15) is 0 Å². The molecule has 0 amide bonds. The highest BCUT2D eigenvalue weighted by Crippen LogP contribution is 2.51. The fourth-order valence-corrected chi connectivity index (χ4v) is 2.96. The lowest BCUT2D eigenvalue weighted by molar-refractivity contribution is -0.332. The first-order valence-electron chi connectivity index (χ1n) is 7.50. The van der Waals surface area contributed by atoms with Gasteiger partial charge in [0.05, 0.1) is 12.7 Å². The molecule has 0 aromatic heterocycles. The molecule has 3 atom stereocenters. The molecule has 0 aliphatic carbocycles. The molecule has 0 unspecified atom stereocenters. The average Bonchev–Trinajstić information content (AvgIpc) is 2.47. The summed E-state index contributed by atoms with van der Waals surface area (Å²) in [4.78, 5) is 0. The van der Waals surface area contributed by atoms with Crippen LogP contribution in [0.15, 0.2) is 30.3 Å². The van der Waals surface area contributed by atoms with Crippen LogP contribution in [0.3, 0.4) is 0 Å². The van der Waals surface area contributed by atoms with E-state index in [9.17, 15) is 10.2 Å². The van der Waals surface area contributed by atoms with Gasteiger partial charge in [-0.3, -0.25) is 0 Å². The Morgan fingerprint density at radius 2 is 1.90 bits per heavy atom. The summed E-state index contributed by atoms with van der Waals surface area (Å²) in [5.41, 5.74) is 0.00380. The second-order valence-electron chi connectivity index (χ2n) is 6.49. The predicted octanol–water partition coefficient (Wildman–Crippen LogP) is 2.85. The summed E-state index contributed by atoms with van der Waals surface area (Å²) in [5, 5.41) is 20.2. The van der Waals surface area contributed by atoms with Crippen molar-refractivity contribution < 1.29 is 14.9 Å². The van der Waals surface area contributed by atoms with Crippen molar-refractivity contribution in [1.29, 1.82) is 0 Å². The SMILES string of the molecule is CCCC[C@@]1(c2ccccc2)O[C@H](C(C)(C)CO)[C@@H]1O. The van der Waals surface area contributed by atoms with Crippen molar-refractivity contribution in [3.8, 4) is 0 Å². The average molecular weight is 278 g/mol. The number of aliphatic hydroxyl groups is 2. The third-order valence-corrected chi connectivity index (χ3v) is 4.44. The van der Waals surface area contributed by atoms with Crippen molar-refractivity contribution >= 4 is 0 Å². The van der Waals surface area contributed by atoms with Crippen molar-refractivity contribution in [2.75, 3.05) is 6.61 Å². The summed E-state index contributed by atoms with van der Waals surface area (Å²) < 4.78 is 6.17. The number of hydrogen-bond acceptors (Lipinski definition) is 3. The number of benzene rings is 1. The largest absolute Gasteiger partial charge is 0.396 e. The van der Waals surface area contributed by atoms with Gasteiger partial charge in [0.25, 0.3) is 0 Å². The van der Waals surface area contributed by atoms with Crippen molar-refractivity contribution in [1.82, 2.24) is 0 Å². The third-order valence-electron chi connectivity index (χ3n) is 4.44. The molecule has 0 radical (unpaired) electrons. The molecular weight excluding hydrogens is 252 g/mol. The van der Waals surface area contributed by atoms with Crippen LogP contribution in [0.1, 0.15) is 45.6 Å². The van der Waals surface area contributed by atoms with Crippen molar-refractivity contribution in [2.45, 2.75) is 57.8 Å². The molecule has 0 saturated carbocycles. The molecule has 3 nitrogen and oxygen atoms in total. The first kappa shape index (κ1) is 15.5. The second kappa shape index (κ2) is 5.84. The molecule has 1 saturated heterocycles. The zero-order chi connectivity index (χ0) is 14.8. The highest BCUT2D eigenvalue weighted by Gasteiger charge is 2.59. The lowest BCUT2D eigenvalue weighted by Gasteiger charge is -2.57. The zero-order valence-electron chi connectivity index (χ0n) is 12.7. The summed E-state index contributed by atoms with van der Waals surface area (Å²) >= 11 is 0. The van der Waals surface area contributed by atoms with Crippen LogP contribution in [0.25, 0.3) is 0 Å². The van der Waals surface area contributed by atoms with Crippen LogP contribution < -0.4 is 0 Å². The van der Waals surface area contributed by atoms with Gasteiger partial charge in [-0.1, -0.05) is 63.9 Å². The zero-order valence-corrected chi connectivity index (χ0v) is 12.7. The first-order valence-corrected chi connectivity index (χ1v) is 7.50. The maximum atomic E-state index is 10.7. The Hall–Kier alpha value is -0.900. The molecule has 1 aromatic rings. The Morgan fingerprint density at radius 3 is 2.40 bits per heavy atom. The standard InChI is InChI=1S/C17H26O3/c1-4-5-11-17(13-9-7-6-8-10-13)14(19)15(20-17)16(2,3)12-18/h6-10,14-15,18-19H,4-5,11-12H2,1-3H3/t14-,15-,17-/m0/s1. The van der Waals surface area contributed by atoms with Crippen LogP contribution in [-0.4, -0.2) is 29.0 Å². The van der Waals surface area contributed by atoms with E-state index in [-0.39, 0.29) is 12.7 Å². The molecule has 112 valence electrons. The molecule has 2 N–H and O–H groups in total. The van der Waals surface area contributed by atoms with E-state index in [0.29, 0.717) is 0 Å². The Bertz CT molecular complexity index is 429. The number of rotatable bonds is 6. The fraction of sp³-hybridized carbons (Fsp3) is 0.647. The summed E-state index contributed by atoms with van der Waals surface area (Å²) in [6, 6.07) is 9.95. The minimum Gasteiger partial charge on any atom is -0.396 e. The highest BCUT2D eigenvalue weighted by molar-refractivity contribution is 5.28. The molecule has 20 heavy (non-hydrogen) atoms. The van der Waals surface area contributed by atoms with E-state index in [1.54, 1.807) is 0 Å². The molecule has 1 aliphatic rings. The van der Waals surface area contributed by atoms with Crippen LogP contribution in [0.4, 0.5) is 0 Å². The summed E-state index contributed by atoms with van der Waals surface area (Å²) in [6.07, 6.45) is 2.01. The Kier molecular flexibility index (Phi) is 4.52.